The smallest absolute Gasteiger partial charge is 0.222 e. The molecule has 1 amide bonds. The van der Waals surface area contributed by atoms with Crippen molar-refractivity contribution in [2.24, 2.45) is 11.1 Å². The van der Waals surface area contributed by atoms with Crippen molar-refractivity contribution in [3.8, 4) is 0 Å². The molecular weight excluding hydrogens is 304 g/mol. The Morgan fingerprint density at radius 2 is 2.23 bits per heavy atom. The van der Waals surface area contributed by atoms with Crippen molar-refractivity contribution >= 4 is 26.8 Å². The summed E-state index contributed by atoms with van der Waals surface area (Å²) < 4.78 is 22.3. The minimum atomic E-state index is -3.53. The van der Waals surface area contributed by atoms with E-state index in [2.05, 4.69) is 10.2 Å². The number of nitrogens with zero attached hydrogens (tertiary/aromatic N) is 2. The lowest BCUT2D eigenvalue weighted by molar-refractivity contribution is -0.127. The van der Waals surface area contributed by atoms with E-state index >= 15 is 0 Å². The normalized spacial score (nSPS) is 19.2. The second-order valence-electron chi connectivity index (χ2n) is 5.74. The maximum Gasteiger partial charge on any atom is 0.222 e. The molecule has 1 aliphatic rings. The number of likely N-dealkylation sites (tertiary alicyclic amines) is 1. The van der Waals surface area contributed by atoms with Gasteiger partial charge in [0.05, 0.1) is 17.5 Å². The fourth-order valence-corrected chi connectivity index (χ4v) is 3.89. The lowest BCUT2D eigenvalue weighted by atomic mass is 10.1. The van der Waals surface area contributed by atoms with Crippen LogP contribution < -0.4 is 5.14 Å². The standard InChI is InChI=1S/C14H18N4O3S/c15-22(20,21)9-10-6-14(19)18(8-10)5-4-11-2-1-3-13-12(11)7-16-17-13/h1-3,7,10H,4-6,8-9H2,(H,16,17)(H2,15,20,21). The number of nitrogens with one attached hydrogen (secondary N) is 1. The lowest BCUT2D eigenvalue weighted by Gasteiger charge is -2.16. The maximum atomic E-state index is 12.0. The highest BCUT2D eigenvalue weighted by Crippen LogP contribution is 2.21. The molecule has 7 nitrogen and oxygen atoms in total. The topological polar surface area (TPSA) is 109 Å². The van der Waals surface area contributed by atoms with Gasteiger partial charge in [-0.3, -0.25) is 9.89 Å². The van der Waals surface area contributed by atoms with Gasteiger partial charge in [-0.25, -0.2) is 13.6 Å². The number of nitrogens with two attached hydrogens (primary N) is 1. The number of carbonyl (C=O) groups is 1. The van der Waals surface area contributed by atoms with E-state index in [0.717, 1.165) is 16.5 Å². The summed E-state index contributed by atoms with van der Waals surface area (Å²) in [4.78, 5) is 13.7. The van der Waals surface area contributed by atoms with Crippen LogP contribution in [-0.4, -0.2) is 48.3 Å². The summed E-state index contributed by atoms with van der Waals surface area (Å²) in [5.41, 5.74) is 2.09. The monoisotopic (exact) mass is 322 g/mol. The van der Waals surface area contributed by atoms with Crippen molar-refractivity contribution in [1.29, 1.82) is 0 Å². The SMILES string of the molecule is NS(=O)(=O)CC1CC(=O)N(CCc2cccc3[nH]ncc23)C1. The fourth-order valence-electron chi connectivity index (χ4n) is 3.01. The average molecular weight is 322 g/mol. The maximum absolute atomic E-state index is 12.0. The van der Waals surface area contributed by atoms with Crippen LogP contribution in [0.25, 0.3) is 10.9 Å². The van der Waals surface area contributed by atoms with Crippen LogP contribution in [0.4, 0.5) is 0 Å². The highest BCUT2D eigenvalue weighted by molar-refractivity contribution is 7.89. The van der Waals surface area contributed by atoms with Crippen molar-refractivity contribution in [3.05, 3.63) is 30.0 Å². The number of hydrogen-bond acceptors (Lipinski definition) is 4. The Morgan fingerprint density at radius 3 is 3.00 bits per heavy atom. The van der Waals surface area contributed by atoms with Gasteiger partial charge < -0.3 is 4.90 Å². The summed E-state index contributed by atoms with van der Waals surface area (Å²) in [5, 5.41) is 13.0. The third kappa shape index (κ3) is 3.28. The number of hydrogen-bond donors (Lipinski definition) is 2. The van der Waals surface area contributed by atoms with Crippen LogP contribution in [0.5, 0.6) is 0 Å². The quantitative estimate of drug-likeness (QED) is 0.822. The largest absolute Gasteiger partial charge is 0.342 e. The molecule has 1 aromatic heterocycles. The molecular formula is C14H18N4O3S. The Morgan fingerprint density at radius 1 is 1.41 bits per heavy atom. The number of carbonyl (C=O) groups excluding carboxylic acids is 1. The highest BCUT2D eigenvalue weighted by atomic mass is 32.2. The molecule has 1 aromatic carbocycles. The van der Waals surface area contributed by atoms with Gasteiger partial charge >= 0.3 is 0 Å². The first-order chi connectivity index (χ1) is 10.4. The summed E-state index contributed by atoms with van der Waals surface area (Å²) in [6.45, 7) is 1.03. The number of benzene rings is 1. The Balaban J connectivity index is 1.64. The van der Waals surface area contributed by atoms with Crippen molar-refractivity contribution in [2.75, 3.05) is 18.8 Å². The summed E-state index contributed by atoms with van der Waals surface area (Å²) >= 11 is 0. The zero-order valence-electron chi connectivity index (χ0n) is 12.0. The van der Waals surface area contributed by atoms with Crippen LogP contribution in [0.1, 0.15) is 12.0 Å². The molecule has 0 saturated carbocycles. The molecule has 1 saturated heterocycles. The first-order valence-corrected chi connectivity index (χ1v) is 8.83. The molecule has 8 heteroatoms. The summed E-state index contributed by atoms with van der Waals surface area (Å²) in [7, 11) is -3.53. The number of H-pyrrole nitrogens is 1. The van der Waals surface area contributed by atoms with E-state index < -0.39 is 10.0 Å². The van der Waals surface area contributed by atoms with Gasteiger partial charge in [0, 0.05) is 30.8 Å². The van der Waals surface area contributed by atoms with Gasteiger partial charge in [-0.2, -0.15) is 5.10 Å². The number of fused-ring (bicyclic) bond motifs is 1. The van der Waals surface area contributed by atoms with Crippen LogP contribution >= 0.6 is 0 Å². The predicted octanol–water partition coefficient (Wildman–Crippen LogP) is 0.242. The highest BCUT2D eigenvalue weighted by Gasteiger charge is 2.31. The van der Waals surface area contributed by atoms with Gasteiger partial charge in [-0.1, -0.05) is 12.1 Å². The van der Waals surface area contributed by atoms with Crippen LogP contribution in [0.15, 0.2) is 24.4 Å². The first-order valence-electron chi connectivity index (χ1n) is 7.11. The Hall–Kier alpha value is -1.93. The molecule has 3 rings (SSSR count). The number of aromatic nitrogens is 2. The number of aromatic amines is 1. The van der Waals surface area contributed by atoms with Gasteiger partial charge in [-0.05, 0) is 18.1 Å². The van der Waals surface area contributed by atoms with Gasteiger partial charge in [-0.15, -0.1) is 0 Å². The molecule has 0 bridgehead atoms. The molecule has 1 atom stereocenters. The first kappa shape index (κ1) is 15.0. The summed E-state index contributed by atoms with van der Waals surface area (Å²) in [6, 6.07) is 5.92. The van der Waals surface area contributed by atoms with Crippen molar-refractivity contribution in [1.82, 2.24) is 15.1 Å². The number of primary sulfonamides is 1. The van der Waals surface area contributed by atoms with Crippen molar-refractivity contribution in [2.45, 2.75) is 12.8 Å². The molecule has 0 aliphatic carbocycles. The number of amides is 1. The zero-order valence-corrected chi connectivity index (χ0v) is 12.8. The molecule has 3 N–H and O–H groups in total. The second kappa shape index (κ2) is 5.69. The Kier molecular flexibility index (Phi) is 3.88. The molecule has 22 heavy (non-hydrogen) atoms. The number of rotatable bonds is 5. The van der Waals surface area contributed by atoms with Gasteiger partial charge in [0.15, 0.2) is 0 Å². The number of sulfonamides is 1. The minimum absolute atomic E-state index is 0.00646. The predicted molar refractivity (Wildman–Crippen MR) is 82.5 cm³/mol. The molecule has 1 unspecified atom stereocenters. The van der Waals surface area contributed by atoms with Crippen LogP contribution in [0, 0.1) is 5.92 Å². The second-order valence-corrected chi connectivity index (χ2v) is 7.40. The van der Waals surface area contributed by atoms with Crippen molar-refractivity contribution in [3.63, 3.8) is 0 Å². The van der Waals surface area contributed by atoms with Crippen molar-refractivity contribution < 1.29 is 13.2 Å². The molecule has 0 spiro atoms. The Bertz CT molecular complexity index is 799. The molecule has 0 radical (unpaired) electrons. The third-order valence-electron chi connectivity index (χ3n) is 3.99. The van der Waals surface area contributed by atoms with Gasteiger partial charge in [0.2, 0.25) is 15.9 Å². The van der Waals surface area contributed by atoms with Crippen LogP contribution in [0.2, 0.25) is 0 Å². The van der Waals surface area contributed by atoms with Crippen LogP contribution in [0.3, 0.4) is 0 Å². The van der Waals surface area contributed by atoms with E-state index in [1.807, 2.05) is 18.2 Å². The van der Waals surface area contributed by atoms with E-state index in [4.69, 9.17) is 5.14 Å². The summed E-state index contributed by atoms with van der Waals surface area (Å²) in [5.74, 6) is -0.341. The molecule has 1 aliphatic heterocycles. The lowest BCUT2D eigenvalue weighted by Crippen LogP contribution is -2.29. The summed E-state index contributed by atoms with van der Waals surface area (Å²) in [6.07, 6.45) is 2.75. The molecule has 2 aromatic rings. The molecule has 118 valence electrons. The van der Waals surface area contributed by atoms with Gasteiger partial charge in [0.25, 0.3) is 0 Å². The van der Waals surface area contributed by atoms with Crippen LogP contribution in [-0.2, 0) is 21.2 Å². The molecule has 2 heterocycles. The molecule has 1 fully saturated rings. The van der Waals surface area contributed by atoms with Gasteiger partial charge in [0.1, 0.15) is 0 Å². The third-order valence-corrected chi connectivity index (χ3v) is 4.92. The minimum Gasteiger partial charge on any atom is -0.342 e. The van der Waals surface area contributed by atoms with E-state index in [0.29, 0.717) is 19.5 Å². The fraction of sp³-hybridized carbons (Fsp3) is 0.429. The average Bonchev–Trinajstić information content (AvgIpc) is 3.01. The van der Waals surface area contributed by atoms with E-state index in [-0.39, 0.29) is 24.0 Å². The van der Waals surface area contributed by atoms with E-state index in [1.165, 1.54) is 0 Å². The Labute approximate surface area is 128 Å². The van der Waals surface area contributed by atoms with E-state index in [1.54, 1.807) is 11.1 Å². The zero-order chi connectivity index (χ0) is 15.7. The van der Waals surface area contributed by atoms with E-state index in [9.17, 15) is 13.2 Å².